The van der Waals surface area contributed by atoms with Gasteiger partial charge in [-0.3, -0.25) is 0 Å². The molecular weight excluding hydrogens is 416 g/mol. The zero-order chi connectivity index (χ0) is 22.1. The Morgan fingerprint density at radius 3 is 2.20 bits per heavy atom. The predicted octanol–water partition coefficient (Wildman–Crippen LogP) is 7.78. The maximum absolute atomic E-state index is 5.69. The average molecular weight is 453 g/mol. The van der Waals surface area contributed by atoms with E-state index in [-0.39, 0.29) is 12.1 Å². The van der Waals surface area contributed by atoms with Crippen molar-refractivity contribution in [2.75, 3.05) is 0 Å². The Balaban J connectivity index is 0.000000220. The Morgan fingerprint density at radius 2 is 1.60 bits per heavy atom. The third-order valence-electron chi connectivity index (χ3n) is 4.69. The topological polar surface area (TPSA) is 9.23 Å². The van der Waals surface area contributed by atoms with Crippen LogP contribution in [0.2, 0.25) is 13.1 Å². The molecule has 0 bridgehead atoms. The van der Waals surface area contributed by atoms with Crippen molar-refractivity contribution in [3.63, 3.8) is 0 Å². The molecule has 0 fully saturated rings. The first kappa shape index (κ1) is 24.7. The summed E-state index contributed by atoms with van der Waals surface area (Å²) in [5.41, 5.74) is 5.63. The van der Waals surface area contributed by atoms with Gasteiger partial charge in [-0.2, -0.15) is 0 Å². The molecule has 2 aromatic carbocycles. The van der Waals surface area contributed by atoms with E-state index in [0.717, 1.165) is 9.97 Å². The van der Waals surface area contributed by atoms with Crippen LogP contribution in [0.4, 0.5) is 0 Å². The van der Waals surface area contributed by atoms with Gasteiger partial charge in [0, 0.05) is 0 Å². The van der Waals surface area contributed by atoms with E-state index in [0.29, 0.717) is 18.4 Å². The van der Waals surface area contributed by atoms with E-state index < -0.39 is 0 Å². The molecule has 1 nitrogen and oxygen atoms in total. The van der Waals surface area contributed by atoms with Gasteiger partial charge in [-0.15, -0.1) is 0 Å². The number of hydrogen-bond donors (Lipinski definition) is 0. The van der Waals surface area contributed by atoms with E-state index >= 15 is 0 Å². The van der Waals surface area contributed by atoms with Crippen LogP contribution in [0.5, 0.6) is 5.75 Å². The summed E-state index contributed by atoms with van der Waals surface area (Å²) in [7, 11) is 0. The first-order valence-corrected chi connectivity index (χ1v) is 17.3. The number of fused-ring (bicyclic) bond motifs is 1. The second-order valence-corrected chi connectivity index (χ2v) is 19.8. The summed E-state index contributed by atoms with van der Waals surface area (Å²) < 4.78 is 6.54. The molecule has 1 aliphatic rings. The first-order chi connectivity index (χ1) is 14.2. The summed E-state index contributed by atoms with van der Waals surface area (Å²) in [6.45, 7) is 15.4. The fourth-order valence-electron chi connectivity index (χ4n) is 3.12. The van der Waals surface area contributed by atoms with Crippen molar-refractivity contribution in [3.05, 3.63) is 95.3 Å². The molecule has 2 aromatic rings. The van der Waals surface area contributed by atoms with Gasteiger partial charge in [0.05, 0.1) is 6.26 Å². The molecule has 0 aliphatic heterocycles. The Kier molecular flexibility index (Phi) is 9.61. The van der Waals surface area contributed by atoms with Crippen molar-refractivity contribution in [1.29, 1.82) is 0 Å². The van der Waals surface area contributed by atoms with Crippen molar-refractivity contribution in [3.8, 4) is 5.75 Å². The molecule has 3 rings (SSSR count). The van der Waals surface area contributed by atoms with Crippen molar-refractivity contribution >= 4 is 12.7 Å². The van der Waals surface area contributed by atoms with Crippen LogP contribution in [0.15, 0.2) is 84.2 Å². The molecule has 30 heavy (non-hydrogen) atoms. The summed E-state index contributed by atoms with van der Waals surface area (Å²) in [6.07, 6.45) is 8.75. The molecule has 158 valence electrons. The number of hydrogen-bond acceptors (Lipinski definition) is 1. The monoisotopic (exact) mass is 452 g/mol. The zero-order valence-corrected chi connectivity index (χ0v) is 22.3. The summed E-state index contributed by atoms with van der Waals surface area (Å²) in [5, 5.41) is 0. The van der Waals surface area contributed by atoms with Crippen LogP contribution >= 0.6 is 0 Å². The van der Waals surface area contributed by atoms with Gasteiger partial charge in [-0.05, 0) is 37.0 Å². The normalized spacial score (nSPS) is 15.2. The molecule has 3 heteroatoms. The van der Waals surface area contributed by atoms with Gasteiger partial charge in [0.15, 0.2) is 0 Å². The summed E-state index contributed by atoms with van der Waals surface area (Å²) in [5.74, 6) is 0.872. The Hall–Kier alpha value is -1.61. The van der Waals surface area contributed by atoms with Gasteiger partial charge in [0.25, 0.3) is 0 Å². The number of rotatable bonds is 5. The quantitative estimate of drug-likeness (QED) is 0.256. The van der Waals surface area contributed by atoms with Gasteiger partial charge in [0.2, 0.25) is 0 Å². The van der Waals surface area contributed by atoms with Crippen molar-refractivity contribution < 1.29 is 23.1 Å². The molecule has 0 saturated carbocycles. The molecule has 0 amide bonds. The van der Waals surface area contributed by atoms with E-state index in [9.17, 15) is 0 Å². The van der Waals surface area contributed by atoms with Crippen molar-refractivity contribution in [2.24, 2.45) is 5.41 Å². The van der Waals surface area contributed by atoms with E-state index in [1.54, 1.807) is 5.56 Å². The van der Waals surface area contributed by atoms with E-state index in [2.05, 4.69) is 90.2 Å². The molecule has 1 aliphatic carbocycles. The fourth-order valence-corrected chi connectivity index (χ4v) is 9.42. The molecule has 0 aromatic heterocycles. The summed E-state index contributed by atoms with van der Waals surface area (Å²) in [4.78, 5) is 0. The zero-order valence-electron chi connectivity index (χ0n) is 19.6. The third kappa shape index (κ3) is 8.26. The Bertz CT molecular complexity index is 885. The van der Waals surface area contributed by atoms with Crippen LogP contribution in [0, 0.1) is 5.41 Å². The van der Waals surface area contributed by atoms with Crippen LogP contribution in [-0.4, -0.2) is 6.66 Å². The second-order valence-electron chi connectivity index (χ2n) is 9.26. The van der Waals surface area contributed by atoms with Crippen molar-refractivity contribution in [1.82, 2.24) is 0 Å². The molecular formula is C27H36OSiTi. The molecule has 0 spiro atoms. The number of para-hydroxylation sites is 1. The number of benzene rings is 2. The van der Waals surface area contributed by atoms with Gasteiger partial charge in [-0.25, -0.2) is 0 Å². The molecule has 0 N–H and O–H groups in total. The molecule has 0 saturated heterocycles. The van der Waals surface area contributed by atoms with Gasteiger partial charge >= 0.3 is 89.9 Å². The SMILES string of the molecule is CC(C)=CC(=COc1ccccc1)C(C)(C)C.C[SiH](C)[Ti][CH]1C=Cc2ccccc21. The first-order valence-electron chi connectivity index (χ1n) is 10.8. The van der Waals surface area contributed by atoms with Crippen LogP contribution in [0.3, 0.4) is 0 Å². The molecule has 0 heterocycles. The van der Waals surface area contributed by atoms with E-state index in [1.807, 2.05) is 36.6 Å². The van der Waals surface area contributed by atoms with Crippen LogP contribution in [0.25, 0.3) is 6.08 Å². The minimum atomic E-state index is -0.309. The molecule has 1 atom stereocenters. The van der Waals surface area contributed by atoms with E-state index in [4.69, 9.17) is 4.74 Å². The predicted molar refractivity (Wildman–Crippen MR) is 131 cm³/mol. The van der Waals surface area contributed by atoms with E-state index in [1.165, 1.54) is 16.7 Å². The van der Waals surface area contributed by atoms with Crippen LogP contribution in [-0.2, 0) is 18.4 Å². The number of ether oxygens (including phenoxy) is 1. The fraction of sp³-hybridized carbons (Fsp3) is 0.333. The standard InChI is InChI=1S/C16H22O.C9H7.C2H7Si.Ti/c1-13(2)11-14(16(3,4)5)12-17-15-9-7-6-8-10-15;1-2-5-9-7-3-6-8(9)4-1;1-3-2;/h6-12H,1-5H3;1-7H;3H,1-2H3;. The maximum atomic E-state index is 5.69. The molecule has 1 unspecified atom stereocenters. The average Bonchev–Trinajstić information content (AvgIpc) is 3.08. The summed E-state index contributed by atoms with van der Waals surface area (Å²) >= 11 is 0.290. The Morgan fingerprint density at radius 1 is 0.967 bits per heavy atom. The van der Waals surface area contributed by atoms with Crippen molar-refractivity contribution in [2.45, 2.75) is 51.9 Å². The van der Waals surface area contributed by atoms with Crippen LogP contribution < -0.4 is 4.74 Å². The second kappa shape index (κ2) is 11.7. The number of allylic oxidation sites excluding steroid dienone is 4. The minimum absolute atomic E-state index is 0.0893. The van der Waals surface area contributed by atoms with Gasteiger partial charge < -0.3 is 4.74 Å². The summed E-state index contributed by atoms with van der Waals surface area (Å²) in [6, 6.07) is 18.7. The Labute approximate surface area is 193 Å². The molecule has 0 radical (unpaired) electrons. The van der Waals surface area contributed by atoms with Gasteiger partial charge in [0.1, 0.15) is 5.75 Å². The third-order valence-corrected chi connectivity index (χ3v) is 11.3. The van der Waals surface area contributed by atoms with Crippen LogP contribution in [0.1, 0.15) is 50.0 Å². The van der Waals surface area contributed by atoms with Gasteiger partial charge in [-0.1, -0.05) is 50.6 Å².